The van der Waals surface area contributed by atoms with Crippen LogP contribution in [0.15, 0.2) is 12.4 Å². The average Bonchev–Trinajstić information content (AvgIpc) is 2.68. The molecule has 0 aliphatic rings. The Morgan fingerprint density at radius 2 is 2.38 bits per heavy atom. The smallest absolute Gasteiger partial charge is 0.161 e. The maximum Gasteiger partial charge on any atom is 0.161 e. The highest BCUT2D eigenvalue weighted by molar-refractivity contribution is 5.83. The molecule has 1 atom stereocenters. The summed E-state index contributed by atoms with van der Waals surface area (Å²) in [5.41, 5.74) is 1.10. The van der Waals surface area contributed by atoms with E-state index in [1.807, 2.05) is 13.2 Å². The first-order chi connectivity index (χ1) is 7.67. The zero-order chi connectivity index (χ0) is 12.0. The van der Waals surface area contributed by atoms with Gasteiger partial charge in [-0.05, 0) is 18.4 Å². The molecule has 4 heteroatoms. The topological polar surface area (TPSA) is 44.1 Å². The lowest BCUT2D eigenvalue weighted by Gasteiger charge is -2.12. The highest BCUT2D eigenvalue weighted by Crippen LogP contribution is 2.08. The molecular formula is C12H20N2O2. The van der Waals surface area contributed by atoms with Gasteiger partial charge in [-0.1, -0.05) is 13.3 Å². The summed E-state index contributed by atoms with van der Waals surface area (Å²) < 4.78 is 6.93. The van der Waals surface area contributed by atoms with Crippen LogP contribution in [-0.4, -0.2) is 28.8 Å². The molecule has 4 nitrogen and oxygen atoms in total. The van der Waals surface area contributed by atoms with Gasteiger partial charge in [0.15, 0.2) is 5.78 Å². The Labute approximate surface area is 96.6 Å². The van der Waals surface area contributed by atoms with Gasteiger partial charge in [0, 0.05) is 26.8 Å². The van der Waals surface area contributed by atoms with Crippen molar-refractivity contribution in [2.75, 3.05) is 7.11 Å². The molecule has 0 aromatic carbocycles. The zero-order valence-corrected chi connectivity index (χ0v) is 10.3. The van der Waals surface area contributed by atoms with Crippen molar-refractivity contribution < 1.29 is 9.53 Å². The predicted octanol–water partition coefficient (Wildman–Crippen LogP) is 1.74. The number of aromatic nitrogens is 2. The second-order valence-electron chi connectivity index (χ2n) is 4.00. The van der Waals surface area contributed by atoms with Crippen molar-refractivity contribution in [3.8, 4) is 0 Å². The zero-order valence-electron chi connectivity index (χ0n) is 10.3. The second kappa shape index (κ2) is 6.43. The molecule has 0 fully saturated rings. The molecule has 0 saturated heterocycles. The molecule has 1 aromatic heterocycles. The SMILES string of the molecule is CCCC(OC)C(=O)CCc1cnn(C)c1. The lowest BCUT2D eigenvalue weighted by Crippen LogP contribution is -2.23. The van der Waals surface area contributed by atoms with Crippen molar-refractivity contribution in [2.24, 2.45) is 7.05 Å². The molecule has 0 aliphatic carbocycles. The van der Waals surface area contributed by atoms with Gasteiger partial charge in [-0.2, -0.15) is 5.10 Å². The van der Waals surface area contributed by atoms with E-state index >= 15 is 0 Å². The van der Waals surface area contributed by atoms with Crippen LogP contribution in [0.4, 0.5) is 0 Å². The van der Waals surface area contributed by atoms with Gasteiger partial charge in [-0.25, -0.2) is 0 Å². The molecule has 16 heavy (non-hydrogen) atoms. The minimum atomic E-state index is -0.235. The van der Waals surface area contributed by atoms with Crippen LogP contribution in [0.1, 0.15) is 31.7 Å². The van der Waals surface area contributed by atoms with Crippen molar-refractivity contribution >= 4 is 5.78 Å². The summed E-state index contributed by atoms with van der Waals surface area (Å²) in [5.74, 6) is 0.188. The molecule has 0 saturated carbocycles. The van der Waals surface area contributed by atoms with E-state index in [1.165, 1.54) is 0 Å². The van der Waals surface area contributed by atoms with Crippen LogP contribution in [0, 0.1) is 0 Å². The first-order valence-electron chi connectivity index (χ1n) is 5.70. The van der Waals surface area contributed by atoms with Crippen LogP contribution < -0.4 is 0 Å². The van der Waals surface area contributed by atoms with E-state index < -0.39 is 0 Å². The van der Waals surface area contributed by atoms with E-state index in [4.69, 9.17) is 4.74 Å². The highest BCUT2D eigenvalue weighted by Gasteiger charge is 2.16. The number of aryl methyl sites for hydroxylation is 2. The molecule has 0 N–H and O–H groups in total. The van der Waals surface area contributed by atoms with Gasteiger partial charge >= 0.3 is 0 Å². The van der Waals surface area contributed by atoms with E-state index in [9.17, 15) is 4.79 Å². The Morgan fingerprint density at radius 3 is 2.88 bits per heavy atom. The van der Waals surface area contributed by atoms with E-state index in [-0.39, 0.29) is 11.9 Å². The van der Waals surface area contributed by atoms with Crippen molar-refractivity contribution in [1.29, 1.82) is 0 Å². The first-order valence-corrected chi connectivity index (χ1v) is 5.70. The third-order valence-electron chi connectivity index (χ3n) is 2.61. The standard InChI is InChI=1S/C12H20N2O2/c1-4-5-12(16-3)11(15)7-6-10-8-13-14(2)9-10/h8-9,12H,4-7H2,1-3H3. The average molecular weight is 224 g/mol. The fourth-order valence-corrected chi connectivity index (χ4v) is 1.70. The Balaban J connectivity index is 2.39. The lowest BCUT2D eigenvalue weighted by molar-refractivity contribution is -0.129. The molecule has 90 valence electrons. The van der Waals surface area contributed by atoms with Gasteiger partial charge in [0.1, 0.15) is 6.10 Å². The Morgan fingerprint density at radius 1 is 1.62 bits per heavy atom. The number of carbonyl (C=O) groups is 1. The molecule has 0 radical (unpaired) electrons. The monoisotopic (exact) mass is 224 g/mol. The van der Waals surface area contributed by atoms with E-state index in [0.717, 1.165) is 24.8 Å². The maximum atomic E-state index is 11.8. The van der Waals surface area contributed by atoms with E-state index in [0.29, 0.717) is 6.42 Å². The number of nitrogens with zero attached hydrogens (tertiary/aromatic N) is 2. The number of hydrogen-bond donors (Lipinski definition) is 0. The normalized spacial score (nSPS) is 12.7. The van der Waals surface area contributed by atoms with Crippen molar-refractivity contribution in [2.45, 2.75) is 38.7 Å². The minimum absolute atomic E-state index is 0.188. The Kier molecular flexibility index (Phi) is 5.19. The molecule has 0 bridgehead atoms. The number of hydrogen-bond acceptors (Lipinski definition) is 3. The maximum absolute atomic E-state index is 11.8. The highest BCUT2D eigenvalue weighted by atomic mass is 16.5. The van der Waals surface area contributed by atoms with Gasteiger partial charge in [-0.3, -0.25) is 9.48 Å². The van der Waals surface area contributed by atoms with Gasteiger partial charge in [0.05, 0.1) is 6.20 Å². The first kappa shape index (κ1) is 12.9. The van der Waals surface area contributed by atoms with Gasteiger partial charge in [0.2, 0.25) is 0 Å². The number of Topliss-reactive ketones (excluding diaryl/α,β-unsaturated/α-hetero) is 1. The van der Waals surface area contributed by atoms with Crippen molar-refractivity contribution in [3.63, 3.8) is 0 Å². The van der Waals surface area contributed by atoms with Crippen molar-refractivity contribution in [3.05, 3.63) is 18.0 Å². The number of rotatable bonds is 7. The number of ketones is 1. The Hall–Kier alpha value is -1.16. The molecule has 1 heterocycles. The second-order valence-corrected chi connectivity index (χ2v) is 4.00. The molecule has 1 rings (SSSR count). The van der Waals surface area contributed by atoms with Crippen LogP contribution in [0.2, 0.25) is 0 Å². The van der Waals surface area contributed by atoms with E-state index in [2.05, 4.69) is 12.0 Å². The summed E-state index contributed by atoms with van der Waals surface area (Å²) in [6.07, 6.45) is 6.56. The lowest BCUT2D eigenvalue weighted by atomic mass is 10.0. The molecule has 1 unspecified atom stereocenters. The molecule has 0 amide bonds. The number of ether oxygens (including phenoxy) is 1. The third-order valence-corrected chi connectivity index (χ3v) is 2.61. The molecule has 1 aromatic rings. The van der Waals surface area contributed by atoms with Crippen LogP contribution in [-0.2, 0) is 23.0 Å². The summed E-state index contributed by atoms with van der Waals surface area (Å²) in [6, 6.07) is 0. The van der Waals surface area contributed by atoms with Gasteiger partial charge in [-0.15, -0.1) is 0 Å². The van der Waals surface area contributed by atoms with Crippen LogP contribution >= 0.6 is 0 Å². The minimum Gasteiger partial charge on any atom is -0.374 e. The fraction of sp³-hybridized carbons (Fsp3) is 0.667. The molecule has 0 aliphatic heterocycles. The summed E-state index contributed by atoms with van der Waals surface area (Å²) in [5, 5.41) is 4.07. The third kappa shape index (κ3) is 3.77. The molecular weight excluding hydrogens is 204 g/mol. The van der Waals surface area contributed by atoms with Crippen molar-refractivity contribution in [1.82, 2.24) is 9.78 Å². The molecule has 0 spiro atoms. The summed E-state index contributed by atoms with van der Waals surface area (Å²) >= 11 is 0. The summed E-state index contributed by atoms with van der Waals surface area (Å²) in [6.45, 7) is 2.06. The largest absolute Gasteiger partial charge is 0.374 e. The Bertz CT molecular complexity index is 334. The van der Waals surface area contributed by atoms with Gasteiger partial charge in [0.25, 0.3) is 0 Å². The van der Waals surface area contributed by atoms with Crippen LogP contribution in [0.5, 0.6) is 0 Å². The quantitative estimate of drug-likeness (QED) is 0.708. The summed E-state index contributed by atoms with van der Waals surface area (Å²) in [4.78, 5) is 11.8. The summed E-state index contributed by atoms with van der Waals surface area (Å²) in [7, 11) is 3.47. The fourth-order valence-electron chi connectivity index (χ4n) is 1.70. The van der Waals surface area contributed by atoms with Gasteiger partial charge < -0.3 is 4.74 Å². The number of methoxy groups -OCH3 is 1. The predicted molar refractivity (Wildman–Crippen MR) is 62.2 cm³/mol. The van der Waals surface area contributed by atoms with Crippen LogP contribution in [0.3, 0.4) is 0 Å². The van der Waals surface area contributed by atoms with Crippen LogP contribution in [0.25, 0.3) is 0 Å². The number of carbonyl (C=O) groups excluding carboxylic acids is 1. The van der Waals surface area contributed by atoms with E-state index in [1.54, 1.807) is 18.0 Å².